The normalized spacial score (nSPS) is 11.4. The molecule has 0 aromatic carbocycles. The van der Waals surface area contributed by atoms with Gasteiger partial charge in [-0.3, -0.25) is 0 Å². The fourth-order valence-electron chi connectivity index (χ4n) is 1.10. The number of ether oxygens (including phenoxy) is 1. The van der Waals surface area contributed by atoms with Crippen LogP contribution in [0.1, 0.15) is 20.8 Å². The maximum absolute atomic E-state index is 5.34. The standard InChI is InChI=1S/C11H19BrN4O/c1-5-13-10-14-6-8(12)9(16-10)15-7-11(2,3)17-4/h6H,5,7H2,1-4H3,(H2,13,14,15,16). The molecule has 0 fully saturated rings. The van der Waals surface area contributed by atoms with Crippen molar-refractivity contribution in [2.24, 2.45) is 0 Å². The van der Waals surface area contributed by atoms with Crippen molar-refractivity contribution in [3.63, 3.8) is 0 Å². The van der Waals surface area contributed by atoms with Gasteiger partial charge in [0.2, 0.25) is 5.95 Å². The van der Waals surface area contributed by atoms with E-state index in [1.54, 1.807) is 13.3 Å². The van der Waals surface area contributed by atoms with Crippen molar-refractivity contribution in [1.29, 1.82) is 0 Å². The average molecular weight is 303 g/mol. The monoisotopic (exact) mass is 302 g/mol. The van der Waals surface area contributed by atoms with E-state index in [-0.39, 0.29) is 5.60 Å². The van der Waals surface area contributed by atoms with Gasteiger partial charge >= 0.3 is 0 Å². The Morgan fingerprint density at radius 2 is 2.12 bits per heavy atom. The molecule has 0 saturated heterocycles. The third-order valence-electron chi connectivity index (χ3n) is 2.31. The number of halogens is 1. The molecular formula is C11H19BrN4O. The highest BCUT2D eigenvalue weighted by Crippen LogP contribution is 2.21. The minimum absolute atomic E-state index is 0.233. The maximum Gasteiger partial charge on any atom is 0.224 e. The van der Waals surface area contributed by atoms with E-state index < -0.39 is 0 Å². The number of rotatable bonds is 6. The van der Waals surface area contributed by atoms with E-state index in [4.69, 9.17) is 4.74 Å². The largest absolute Gasteiger partial charge is 0.377 e. The number of methoxy groups -OCH3 is 1. The molecule has 1 heterocycles. The molecule has 0 aliphatic carbocycles. The van der Waals surface area contributed by atoms with Crippen LogP contribution < -0.4 is 10.6 Å². The van der Waals surface area contributed by atoms with Crippen LogP contribution >= 0.6 is 15.9 Å². The Kier molecular flexibility index (Phi) is 5.14. The molecule has 2 N–H and O–H groups in total. The highest BCUT2D eigenvalue weighted by molar-refractivity contribution is 9.10. The fraction of sp³-hybridized carbons (Fsp3) is 0.636. The highest BCUT2D eigenvalue weighted by atomic mass is 79.9. The number of hydrogen-bond acceptors (Lipinski definition) is 5. The highest BCUT2D eigenvalue weighted by Gasteiger charge is 2.17. The van der Waals surface area contributed by atoms with Gasteiger partial charge in [0.25, 0.3) is 0 Å². The molecule has 1 aromatic rings. The van der Waals surface area contributed by atoms with Crippen LogP contribution in [0.4, 0.5) is 11.8 Å². The lowest BCUT2D eigenvalue weighted by atomic mass is 10.1. The molecule has 0 unspecified atom stereocenters. The second kappa shape index (κ2) is 6.16. The van der Waals surface area contributed by atoms with Gasteiger partial charge in [0.15, 0.2) is 0 Å². The topological polar surface area (TPSA) is 59.1 Å². The summed E-state index contributed by atoms with van der Waals surface area (Å²) in [6.07, 6.45) is 1.73. The second-order valence-electron chi connectivity index (χ2n) is 4.24. The number of aromatic nitrogens is 2. The lowest BCUT2D eigenvalue weighted by Crippen LogP contribution is -2.32. The maximum atomic E-state index is 5.34. The zero-order valence-electron chi connectivity index (χ0n) is 10.7. The minimum Gasteiger partial charge on any atom is -0.377 e. The summed E-state index contributed by atoms with van der Waals surface area (Å²) >= 11 is 3.42. The van der Waals surface area contributed by atoms with Crippen molar-refractivity contribution in [2.45, 2.75) is 26.4 Å². The van der Waals surface area contributed by atoms with E-state index in [9.17, 15) is 0 Å². The molecule has 0 atom stereocenters. The van der Waals surface area contributed by atoms with Gasteiger partial charge in [0.1, 0.15) is 5.82 Å². The van der Waals surface area contributed by atoms with Gasteiger partial charge in [-0.2, -0.15) is 4.98 Å². The molecule has 17 heavy (non-hydrogen) atoms. The zero-order valence-corrected chi connectivity index (χ0v) is 12.3. The van der Waals surface area contributed by atoms with Crippen molar-refractivity contribution in [1.82, 2.24) is 9.97 Å². The molecule has 0 aliphatic rings. The fourth-order valence-corrected chi connectivity index (χ4v) is 1.43. The first kappa shape index (κ1) is 14.2. The van der Waals surface area contributed by atoms with Crippen LogP contribution in [0.3, 0.4) is 0 Å². The Hall–Kier alpha value is -0.880. The molecule has 96 valence electrons. The van der Waals surface area contributed by atoms with Gasteiger partial charge in [-0.25, -0.2) is 4.98 Å². The van der Waals surface area contributed by atoms with E-state index in [1.807, 2.05) is 20.8 Å². The first-order valence-electron chi connectivity index (χ1n) is 5.54. The molecule has 0 saturated carbocycles. The molecule has 0 aliphatic heterocycles. The van der Waals surface area contributed by atoms with E-state index in [2.05, 4.69) is 36.5 Å². The van der Waals surface area contributed by atoms with Crippen LogP contribution in [0.5, 0.6) is 0 Å². The molecule has 0 spiro atoms. The van der Waals surface area contributed by atoms with E-state index in [1.165, 1.54) is 0 Å². The summed E-state index contributed by atoms with van der Waals surface area (Å²) in [6.45, 7) is 7.50. The zero-order chi connectivity index (χ0) is 12.9. The molecule has 1 aromatic heterocycles. The molecule has 0 radical (unpaired) electrons. The third-order valence-corrected chi connectivity index (χ3v) is 2.89. The van der Waals surface area contributed by atoms with Crippen LogP contribution in [-0.2, 0) is 4.74 Å². The molecule has 0 bridgehead atoms. The van der Waals surface area contributed by atoms with E-state index in [0.717, 1.165) is 16.8 Å². The molecular weight excluding hydrogens is 284 g/mol. The van der Waals surface area contributed by atoms with Gasteiger partial charge < -0.3 is 15.4 Å². The second-order valence-corrected chi connectivity index (χ2v) is 5.09. The lowest BCUT2D eigenvalue weighted by Gasteiger charge is -2.23. The Balaban J connectivity index is 2.72. The van der Waals surface area contributed by atoms with Crippen LogP contribution in [0.2, 0.25) is 0 Å². The summed E-state index contributed by atoms with van der Waals surface area (Å²) in [5, 5.41) is 6.31. The van der Waals surface area contributed by atoms with E-state index >= 15 is 0 Å². The number of anilines is 2. The quantitative estimate of drug-likeness (QED) is 0.845. The van der Waals surface area contributed by atoms with Crippen LogP contribution in [0.15, 0.2) is 10.7 Å². The molecule has 5 nitrogen and oxygen atoms in total. The third kappa shape index (κ3) is 4.47. The Labute approximate surface area is 111 Å². The number of nitrogens with zero attached hydrogens (tertiary/aromatic N) is 2. The van der Waals surface area contributed by atoms with Gasteiger partial charge in [-0.1, -0.05) is 0 Å². The Morgan fingerprint density at radius 3 is 2.71 bits per heavy atom. The predicted octanol–water partition coefficient (Wildman–Crippen LogP) is 2.51. The van der Waals surface area contributed by atoms with Crippen LogP contribution in [0.25, 0.3) is 0 Å². The van der Waals surface area contributed by atoms with Crippen molar-refractivity contribution in [3.8, 4) is 0 Å². The molecule has 0 amide bonds. The van der Waals surface area contributed by atoms with Crippen molar-refractivity contribution in [2.75, 3.05) is 30.8 Å². The minimum atomic E-state index is -0.233. The Morgan fingerprint density at radius 1 is 1.41 bits per heavy atom. The summed E-state index contributed by atoms with van der Waals surface area (Å²) in [5.41, 5.74) is -0.233. The van der Waals surface area contributed by atoms with Crippen molar-refractivity contribution < 1.29 is 4.74 Å². The summed E-state index contributed by atoms with van der Waals surface area (Å²) in [6, 6.07) is 0. The smallest absolute Gasteiger partial charge is 0.224 e. The predicted molar refractivity (Wildman–Crippen MR) is 73.5 cm³/mol. The van der Waals surface area contributed by atoms with Gasteiger partial charge in [-0.15, -0.1) is 0 Å². The first-order valence-corrected chi connectivity index (χ1v) is 6.33. The molecule has 6 heteroatoms. The average Bonchev–Trinajstić information content (AvgIpc) is 2.30. The number of nitrogens with one attached hydrogen (secondary N) is 2. The van der Waals surface area contributed by atoms with Gasteiger partial charge in [-0.05, 0) is 36.7 Å². The van der Waals surface area contributed by atoms with Crippen LogP contribution in [-0.4, -0.2) is 35.8 Å². The van der Waals surface area contributed by atoms with E-state index in [0.29, 0.717) is 12.5 Å². The summed E-state index contributed by atoms with van der Waals surface area (Å²) in [7, 11) is 1.70. The van der Waals surface area contributed by atoms with Gasteiger partial charge in [0, 0.05) is 26.4 Å². The molecule has 1 rings (SSSR count). The van der Waals surface area contributed by atoms with Crippen molar-refractivity contribution in [3.05, 3.63) is 10.7 Å². The summed E-state index contributed by atoms with van der Waals surface area (Å²) < 4.78 is 6.18. The number of hydrogen-bond donors (Lipinski definition) is 2. The lowest BCUT2D eigenvalue weighted by molar-refractivity contribution is 0.0343. The summed E-state index contributed by atoms with van der Waals surface area (Å²) in [4.78, 5) is 8.52. The SMILES string of the molecule is CCNc1ncc(Br)c(NCC(C)(C)OC)n1. The van der Waals surface area contributed by atoms with Gasteiger partial charge in [0.05, 0.1) is 10.1 Å². The first-order chi connectivity index (χ1) is 7.98. The Bertz CT molecular complexity index is 370. The van der Waals surface area contributed by atoms with Crippen molar-refractivity contribution >= 4 is 27.7 Å². The van der Waals surface area contributed by atoms with Crippen LogP contribution in [0, 0.1) is 0 Å². The summed E-state index contributed by atoms with van der Waals surface area (Å²) in [5.74, 6) is 1.38.